The topological polar surface area (TPSA) is 61.2 Å². The number of benzene rings is 2. The van der Waals surface area contributed by atoms with E-state index in [1.54, 1.807) is 55.5 Å². The van der Waals surface area contributed by atoms with Crippen molar-refractivity contribution in [2.24, 2.45) is 0 Å². The van der Waals surface area contributed by atoms with Gasteiger partial charge in [0.2, 0.25) is 0 Å². The number of aromatic nitrogens is 2. The molecular weight excluding hydrogens is 348 g/mol. The van der Waals surface area contributed by atoms with Gasteiger partial charge in [0, 0.05) is 4.47 Å². The largest absolute Gasteiger partial charge is 0.363 e. The van der Waals surface area contributed by atoms with Crippen LogP contribution in [0.5, 0.6) is 0 Å². The summed E-state index contributed by atoms with van der Waals surface area (Å²) in [5.74, 6) is -0.310. The van der Waals surface area contributed by atoms with Gasteiger partial charge in [0.1, 0.15) is 5.82 Å². The lowest BCUT2D eigenvalue weighted by Crippen LogP contribution is -2.33. The smallest absolute Gasteiger partial charge is 0.326 e. The quantitative estimate of drug-likeness (QED) is 0.706. The summed E-state index contributed by atoms with van der Waals surface area (Å²) in [6, 6.07) is 13.7. The predicted octanol–water partition coefficient (Wildman–Crippen LogP) is 2.74. The van der Waals surface area contributed by atoms with E-state index < -0.39 is 11.5 Å². The molecule has 0 amide bonds. The molecule has 0 bridgehead atoms. The Morgan fingerprint density at radius 3 is 2.73 bits per heavy atom. The van der Waals surface area contributed by atoms with Gasteiger partial charge in [-0.05, 0) is 37.3 Å². The van der Waals surface area contributed by atoms with Crippen LogP contribution in [0.1, 0.15) is 16.2 Å². The second-order valence-corrected chi connectivity index (χ2v) is 5.58. The lowest BCUT2D eigenvalue weighted by Gasteiger charge is -2.10. The summed E-state index contributed by atoms with van der Waals surface area (Å²) >= 11 is 3.29. The minimum absolute atomic E-state index is 0.312. The molecule has 0 aliphatic heterocycles. The SMILES string of the molecule is Cc1nc2ccccc2c(=O)n1OC(=O)c1cccc(Br)c1. The Balaban J connectivity index is 2.04. The van der Waals surface area contributed by atoms with Crippen LogP contribution in [0.15, 0.2) is 57.8 Å². The fraction of sp³-hybridized carbons (Fsp3) is 0.0625. The minimum Gasteiger partial charge on any atom is -0.326 e. The van der Waals surface area contributed by atoms with Crippen LogP contribution in [-0.4, -0.2) is 15.7 Å². The molecule has 3 rings (SSSR count). The monoisotopic (exact) mass is 358 g/mol. The van der Waals surface area contributed by atoms with Crippen LogP contribution in [0.25, 0.3) is 10.9 Å². The molecule has 110 valence electrons. The molecule has 0 unspecified atom stereocenters. The Hall–Kier alpha value is -2.47. The molecule has 0 saturated carbocycles. The number of carbonyl (C=O) groups is 1. The lowest BCUT2D eigenvalue weighted by molar-refractivity contribution is 0.0428. The number of hydrogen-bond acceptors (Lipinski definition) is 4. The Labute approximate surface area is 134 Å². The van der Waals surface area contributed by atoms with Gasteiger partial charge in [-0.25, -0.2) is 9.78 Å². The summed E-state index contributed by atoms with van der Waals surface area (Å²) in [6.07, 6.45) is 0. The molecule has 0 saturated heterocycles. The fourth-order valence-electron chi connectivity index (χ4n) is 2.09. The number of aryl methyl sites for hydroxylation is 1. The zero-order valence-electron chi connectivity index (χ0n) is 11.6. The molecule has 2 aromatic carbocycles. The van der Waals surface area contributed by atoms with Gasteiger partial charge in [-0.3, -0.25) is 4.79 Å². The van der Waals surface area contributed by atoms with E-state index in [2.05, 4.69) is 20.9 Å². The summed E-state index contributed by atoms with van der Waals surface area (Å²) in [5, 5.41) is 0.398. The normalized spacial score (nSPS) is 10.6. The first-order valence-corrected chi connectivity index (χ1v) is 7.32. The van der Waals surface area contributed by atoms with Crippen LogP contribution in [0.3, 0.4) is 0 Å². The van der Waals surface area contributed by atoms with Gasteiger partial charge in [-0.2, -0.15) is 0 Å². The van der Waals surface area contributed by atoms with E-state index >= 15 is 0 Å². The predicted molar refractivity (Wildman–Crippen MR) is 85.8 cm³/mol. The van der Waals surface area contributed by atoms with E-state index in [1.165, 1.54) is 0 Å². The minimum atomic E-state index is -0.622. The van der Waals surface area contributed by atoms with Crippen LogP contribution in [-0.2, 0) is 0 Å². The van der Waals surface area contributed by atoms with E-state index in [0.717, 1.165) is 9.20 Å². The van der Waals surface area contributed by atoms with Gasteiger partial charge < -0.3 is 4.84 Å². The molecule has 22 heavy (non-hydrogen) atoms. The molecule has 0 aliphatic rings. The average Bonchev–Trinajstić information content (AvgIpc) is 2.51. The number of nitrogens with zero attached hydrogens (tertiary/aromatic N) is 2. The van der Waals surface area contributed by atoms with Crippen molar-refractivity contribution < 1.29 is 9.63 Å². The molecule has 0 radical (unpaired) electrons. The third-order valence-electron chi connectivity index (χ3n) is 3.13. The van der Waals surface area contributed by atoms with Crippen molar-refractivity contribution >= 4 is 32.8 Å². The molecule has 0 spiro atoms. The average molecular weight is 359 g/mol. The van der Waals surface area contributed by atoms with Gasteiger partial charge in [-0.1, -0.05) is 34.1 Å². The van der Waals surface area contributed by atoms with Gasteiger partial charge >= 0.3 is 5.97 Å². The molecule has 0 fully saturated rings. The highest BCUT2D eigenvalue weighted by atomic mass is 79.9. The van der Waals surface area contributed by atoms with Crippen molar-refractivity contribution in [3.8, 4) is 0 Å². The van der Waals surface area contributed by atoms with E-state index in [4.69, 9.17) is 4.84 Å². The van der Waals surface area contributed by atoms with Crippen molar-refractivity contribution in [1.29, 1.82) is 0 Å². The number of fused-ring (bicyclic) bond motifs is 1. The summed E-state index contributed by atoms with van der Waals surface area (Å²) in [7, 11) is 0. The number of hydrogen-bond donors (Lipinski definition) is 0. The van der Waals surface area contributed by atoms with Crippen LogP contribution < -0.4 is 10.4 Å². The first kappa shape index (κ1) is 14.5. The molecule has 6 heteroatoms. The highest BCUT2D eigenvalue weighted by Crippen LogP contribution is 2.12. The summed E-state index contributed by atoms with van der Waals surface area (Å²) in [5.41, 5.74) is 0.500. The molecule has 1 heterocycles. The van der Waals surface area contributed by atoms with Crippen molar-refractivity contribution in [2.45, 2.75) is 6.92 Å². The molecule has 0 aliphatic carbocycles. The second-order valence-electron chi connectivity index (χ2n) is 4.66. The maximum Gasteiger partial charge on any atom is 0.363 e. The van der Waals surface area contributed by atoms with Crippen molar-refractivity contribution in [3.05, 3.63) is 74.7 Å². The summed E-state index contributed by atoms with van der Waals surface area (Å²) < 4.78 is 1.67. The van der Waals surface area contributed by atoms with E-state index in [9.17, 15) is 9.59 Å². The van der Waals surface area contributed by atoms with Crippen molar-refractivity contribution in [2.75, 3.05) is 0 Å². The first-order valence-electron chi connectivity index (χ1n) is 6.53. The van der Waals surface area contributed by atoms with Crippen LogP contribution >= 0.6 is 15.9 Å². The molecule has 0 N–H and O–H groups in total. The third-order valence-corrected chi connectivity index (χ3v) is 3.62. The van der Waals surface area contributed by atoms with Gasteiger partial charge in [0.15, 0.2) is 0 Å². The molecule has 3 aromatic rings. The van der Waals surface area contributed by atoms with Crippen molar-refractivity contribution in [3.63, 3.8) is 0 Å². The Morgan fingerprint density at radius 2 is 1.95 bits per heavy atom. The van der Waals surface area contributed by atoms with Gasteiger partial charge in [0.25, 0.3) is 5.56 Å². The first-order chi connectivity index (χ1) is 10.6. The second kappa shape index (κ2) is 5.73. The van der Waals surface area contributed by atoms with Crippen molar-refractivity contribution in [1.82, 2.24) is 9.71 Å². The van der Waals surface area contributed by atoms with Gasteiger partial charge in [0.05, 0.1) is 16.5 Å². The van der Waals surface area contributed by atoms with Gasteiger partial charge in [-0.15, -0.1) is 4.73 Å². The highest BCUT2D eigenvalue weighted by molar-refractivity contribution is 9.10. The number of halogens is 1. The van der Waals surface area contributed by atoms with Crippen LogP contribution in [0, 0.1) is 6.92 Å². The standard InChI is InChI=1S/C16H11BrN2O3/c1-10-18-14-8-3-2-7-13(14)15(20)19(10)22-16(21)11-5-4-6-12(17)9-11/h2-9H,1H3. The fourth-order valence-corrected chi connectivity index (χ4v) is 2.49. The Morgan fingerprint density at radius 1 is 1.18 bits per heavy atom. The molecular formula is C16H11BrN2O3. The zero-order valence-corrected chi connectivity index (χ0v) is 13.2. The third kappa shape index (κ3) is 2.65. The van der Waals surface area contributed by atoms with Crippen LogP contribution in [0.4, 0.5) is 0 Å². The molecule has 0 atom stereocenters. The highest BCUT2D eigenvalue weighted by Gasteiger charge is 2.14. The number of rotatable bonds is 2. The summed E-state index contributed by atoms with van der Waals surface area (Å²) in [4.78, 5) is 34.1. The molecule has 5 nitrogen and oxygen atoms in total. The number of para-hydroxylation sites is 1. The maximum atomic E-state index is 12.4. The lowest BCUT2D eigenvalue weighted by atomic mass is 10.2. The number of carbonyl (C=O) groups excluding carboxylic acids is 1. The Kier molecular flexibility index (Phi) is 3.77. The van der Waals surface area contributed by atoms with E-state index in [1.807, 2.05) is 0 Å². The summed E-state index contributed by atoms with van der Waals surface area (Å²) in [6.45, 7) is 1.61. The maximum absolute atomic E-state index is 12.4. The Bertz CT molecular complexity index is 934. The van der Waals surface area contributed by atoms with E-state index in [-0.39, 0.29) is 0 Å². The van der Waals surface area contributed by atoms with Crippen LogP contribution in [0.2, 0.25) is 0 Å². The molecule has 1 aromatic heterocycles. The zero-order chi connectivity index (χ0) is 15.7. The van der Waals surface area contributed by atoms with E-state index in [0.29, 0.717) is 22.3 Å².